The van der Waals surface area contributed by atoms with Gasteiger partial charge in [0.1, 0.15) is 0 Å². The Morgan fingerprint density at radius 2 is 1.79 bits per heavy atom. The van der Waals surface area contributed by atoms with E-state index in [1.165, 1.54) is 6.42 Å². The Bertz CT molecular complexity index is 820. The van der Waals surface area contributed by atoms with Gasteiger partial charge in [0.25, 0.3) is 5.91 Å². The smallest absolute Gasteiger partial charge is 0.319 e. The summed E-state index contributed by atoms with van der Waals surface area (Å²) >= 11 is 6.34. The van der Waals surface area contributed by atoms with Gasteiger partial charge in [-0.25, -0.2) is 4.79 Å². The van der Waals surface area contributed by atoms with Crippen molar-refractivity contribution in [3.8, 4) is 0 Å². The zero-order chi connectivity index (χ0) is 19.9. The molecule has 0 aliphatic heterocycles. The lowest BCUT2D eigenvalue weighted by molar-refractivity contribution is 0.0696. The minimum absolute atomic E-state index is 0.0722. The largest absolute Gasteiger partial charge is 0.339 e. The Morgan fingerprint density at radius 1 is 1.07 bits per heavy atom. The van der Waals surface area contributed by atoms with Gasteiger partial charge in [-0.2, -0.15) is 0 Å². The first-order chi connectivity index (χ1) is 13.5. The highest BCUT2D eigenvalue weighted by atomic mass is 35.5. The van der Waals surface area contributed by atoms with Gasteiger partial charge in [0.05, 0.1) is 10.6 Å². The molecule has 0 saturated heterocycles. The molecule has 1 aliphatic rings. The van der Waals surface area contributed by atoms with E-state index >= 15 is 0 Å². The van der Waals surface area contributed by atoms with E-state index in [2.05, 4.69) is 10.6 Å². The Hall–Kier alpha value is -2.53. The van der Waals surface area contributed by atoms with E-state index in [4.69, 9.17) is 11.6 Å². The van der Waals surface area contributed by atoms with E-state index in [0.29, 0.717) is 22.8 Å². The van der Waals surface area contributed by atoms with E-state index in [1.807, 2.05) is 37.4 Å². The van der Waals surface area contributed by atoms with Gasteiger partial charge in [-0.05, 0) is 36.6 Å². The summed E-state index contributed by atoms with van der Waals surface area (Å²) in [5.74, 6) is -0.0722. The molecule has 0 radical (unpaired) electrons. The molecule has 148 valence electrons. The number of nitrogens with one attached hydrogen (secondary N) is 2. The van der Waals surface area contributed by atoms with Crippen molar-refractivity contribution in [2.24, 2.45) is 0 Å². The summed E-state index contributed by atoms with van der Waals surface area (Å²) < 4.78 is 0. The van der Waals surface area contributed by atoms with Crippen molar-refractivity contribution in [3.05, 3.63) is 64.7 Å². The monoisotopic (exact) mass is 399 g/mol. The van der Waals surface area contributed by atoms with E-state index in [-0.39, 0.29) is 18.0 Å². The zero-order valence-corrected chi connectivity index (χ0v) is 16.8. The summed E-state index contributed by atoms with van der Waals surface area (Å²) in [6, 6.07) is 14.6. The van der Waals surface area contributed by atoms with E-state index < -0.39 is 0 Å². The molecular weight excluding hydrogens is 374 g/mol. The second kappa shape index (κ2) is 9.60. The van der Waals surface area contributed by atoms with Gasteiger partial charge in [0.15, 0.2) is 0 Å². The molecule has 3 rings (SSSR count). The average Bonchev–Trinajstić information content (AvgIpc) is 2.73. The number of anilines is 1. The molecule has 1 saturated carbocycles. The van der Waals surface area contributed by atoms with Crippen LogP contribution in [0.1, 0.15) is 48.0 Å². The molecule has 0 atom stereocenters. The first-order valence-corrected chi connectivity index (χ1v) is 10.1. The van der Waals surface area contributed by atoms with Crippen molar-refractivity contribution < 1.29 is 9.59 Å². The Balaban J connectivity index is 1.58. The topological polar surface area (TPSA) is 61.4 Å². The molecule has 5 nitrogen and oxygen atoms in total. The summed E-state index contributed by atoms with van der Waals surface area (Å²) in [5, 5.41) is 5.89. The van der Waals surface area contributed by atoms with Gasteiger partial charge >= 0.3 is 6.03 Å². The minimum atomic E-state index is -0.321. The molecule has 2 aromatic carbocycles. The van der Waals surface area contributed by atoms with Crippen molar-refractivity contribution in [1.29, 1.82) is 0 Å². The van der Waals surface area contributed by atoms with Crippen molar-refractivity contribution >= 4 is 29.2 Å². The second-order valence-electron chi connectivity index (χ2n) is 7.20. The number of urea groups is 1. The summed E-state index contributed by atoms with van der Waals surface area (Å²) in [5.41, 5.74) is 2.03. The third-order valence-corrected chi connectivity index (χ3v) is 5.51. The SMILES string of the molecule is CN(C(=O)c1ccc(NC(=O)NCc2ccccc2)cc1Cl)C1CCCCC1. The summed E-state index contributed by atoms with van der Waals surface area (Å²) in [4.78, 5) is 26.7. The predicted molar refractivity (Wildman–Crippen MR) is 113 cm³/mol. The van der Waals surface area contributed by atoms with Crippen molar-refractivity contribution in [1.82, 2.24) is 10.2 Å². The van der Waals surface area contributed by atoms with Crippen LogP contribution in [0.15, 0.2) is 48.5 Å². The number of carbonyl (C=O) groups excluding carboxylic acids is 2. The third-order valence-electron chi connectivity index (χ3n) is 5.20. The van der Waals surface area contributed by atoms with Gasteiger partial charge < -0.3 is 15.5 Å². The van der Waals surface area contributed by atoms with Crippen LogP contribution in [0.3, 0.4) is 0 Å². The number of halogens is 1. The van der Waals surface area contributed by atoms with Crippen LogP contribution in [0, 0.1) is 0 Å². The second-order valence-corrected chi connectivity index (χ2v) is 7.60. The number of amides is 3. The molecule has 0 spiro atoms. The van der Waals surface area contributed by atoms with Crippen molar-refractivity contribution in [3.63, 3.8) is 0 Å². The number of benzene rings is 2. The van der Waals surface area contributed by atoms with E-state index in [9.17, 15) is 9.59 Å². The maximum absolute atomic E-state index is 12.8. The van der Waals surface area contributed by atoms with Crippen LogP contribution in [-0.2, 0) is 6.54 Å². The first-order valence-electron chi connectivity index (χ1n) is 9.70. The van der Waals surface area contributed by atoms with Crippen LogP contribution < -0.4 is 10.6 Å². The van der Waals surface area contributed by atoms with Crippen LogP contribution in [0.2, 0.25) is 5.02 Å². The quantitative estimate of drug-likeness (QED) is 0.737. The van der Waals surface area contributed by atoms with Crippen LogP contribution in [-0.4, -0.2) is 29.9 Å². The van der Waals surface area contributed by atoms with Crippen LogP contribution >= 0.6 is 11.6 Å². The molecule has 2 N–H and O–H groups in total. The number of rotatable bonds is 5. The lowest BCUT2D eigenvalue weighted by Crippen LogP contribution is -2.38. The van der Waals surface area contributed by atoms with Crippen molar-refractivity contribution in [2.75, 3.05) is 12.4 Å². The van der Waals surface area contributed by atoms with E-state index in [1.54, 1.807) is 23.1 Å². The first kappa shape index (κ1) is 20.2. The molecular formula is C22H26ClN3O2. The maximum Gasteiger partial charge on any atom is 0.319 e. The highest BCUT2D eigenvalue weighted by Crippen LogP contribution is 2.26. The molecule has 28 heavy (non-hydrogen) atoms. The molecule has 0 aromatic heterocycles. The van der Waals surface area contributed by atoms with Gasteiger partial charge in [0.2, 0.25) is 0 Å². The van der Waals surface area contributed by atoms with E-state index in [0.717, 1.165) is 31.2 Å². The lowest BCUT2D eigenvalue weighted by atomic mass is 9.94. The van der Waals surface area contributed by atoms with Gasteiger partial charge in [-0.1, -0.05) is 61.2 Å². The number of carbonyl (C=O) groups is 2. The highest BCUT2D eigenvalue weighted by Gasteiger charge is 2.24. The minimum Gasteiger partial charge on any atom is -0.339 e. The summed E-state index contributed by atoms with van der Waals surface area (Å²) in [7, 11) is 1.85. The van der Waals surface area contributed by atoms with Gasteiger partial charge in [-0.15, -0.1) is 0 Å². The normalized spacial score (nSPS) is 14.4. The molecule has 3 amide bonds. The van der Waals surface area contributed by atoms with Crippen LogP contribution in [0.5, 0.6) is 0 Å². The van der Waals surface area contributed by atoms with Gasteiger partial charge in [-0.3, -0.25) is 4.79 Å². The number of hydrogen-bond acceptors (Lipinski definition) is 2. The summed E-state index contributed by atoms with van der Waals surface area (Å²) in [6.45, 7) is 0.434. The molecule has 0 heterocycles. The zero-order valence-electron chi connectivity index (χ0n) is 16.1. The van der Waals surface area contributed by atoms with Crippen molar-refractivity contribution in [2.45, 2.75) is 44.7 Å². The Kier molecular flexibility index (Phi) is 6.93. The third kappa shape index (κ3) is 5.26. The highest BCUT2D eigenvalue weighted by molar-refractivity contribution is 6.34. The maximum atomic E-state index is 12.8. The average molecular weight is 400 g/mol. The van der Waals surface area contributed by atoms with Crippen LogP contribution in [0.4, 0.5) is 10.5 Å². The van der Waals surface area contributed by atoms with Gasteiger partial charge in [0, 0.05) is 25.3 Å². The summed E-state index contributed by atoms with van der Waals surface area (Å²) in [6.07, 6.45) is 5.65. The molecule has 0 bridgehead atoms. The molecule has 1 aliphatic carbocycles. The number of nitrogens with zero attached hydrogens (tertiary/aromatic N) is 1. The van der Waals surface area contributed by atoms with Crippen LogP contribution in [0.25, 0.3) is 0 Å². The fourth-order valence-electron chi connectivity index (χ4n) is 3.54. The standard InChI is InChI=1S/C22H26ClN3O2/c1-26(18-10-6-3-7-11-18)21(27)19-13-12-17(14-20(19)23)25-22(28)24-15-16-8-4-2-5-9-16/h2,4-5,8-9,12-14,18H,3,6-7,10-11,15H2,1H3,(H2,24,25,28). The molecule has 0 unspecified atom stereocenters. The number of hydrogen-bond donors (Lipinski definition) is 2. The predicted octanol–water partition coefficient (Wildman–Crippen LogP) is 5.07. The molecule has 6 heteroatoms. The Labute approximate surface area is 171 Å². The fraction of sp³-hybridized carbons (Fsp3) is 0.364. The lowest BCUT2D eigenvalue weighted by Gasteiger charge is -2.31. The molecule has 2 aromatic rings. The Morgan fingerprint density at radius 3 is 2.46 bits per heavy atom. The molecule has 1 fully saturated rings. The fourth-order valence-corrected chi connectivity index (χ4v) is 3.81.